The van der Waals surface area contributed by atoms with E-state index in [9.17, 15) is 9.59 Å². The maximum atomic E-state index is 12.4. The van der Waals surface area contributed by atoms with Gasteiger partial charge in [-0.15, -0.1) is 0 Å². The first-order valence-corrected chi connectivity index (χ1v) is 7.20. The zero-order valence-corrected chi connectivity index (χ0v) is 12.3. The van der Waals surface area contributed by atoms with Gasteiger partial charge in [0, 0.05) is 23.2 Å². The van der Waals surface area contributed by atoms with Crippen LogP contribution in [0.5, 0.6) is 0 Å². The van der Waals surface area contributed by atoms with Crippen LogP contribution < -0.4 is 0 Å². The van der Waals surface area contributed by atoms with Crippen molar-refractivity contribution in [3.05, 3.63) is 41.0 Å². The Morgan fingerprint density at radius 2 is 2.05 bits per heavy atom. The minimum absolute atomic E-state index is 0.109. The summed E-state index contributed by atoms with van der Waals surface area (Å²) in [6.07, 6.45) is 1.13. The molecule has 2 aromatic rings. The Hall–Kier alpha value is -2.34. The number of aliphatic carboxylic acids is 1. The Morgan fingerprint density at radius 3 is 2.73 bits per heavy atom. The van der Waals surface area contributed by atoms with Crippen molar-refractivity contribution in [2.45, 2.75) is 18.9 Å². The summed E-state index contributed by atoms with van der Waals surface area (Å²) in [4.78, 5) is 24.9. The number of nitrogens with zero attached hydrogens (tertiary/aromatic N) is 2. The fraction of sp³-hybridized carbons (Fsp3) is 0.267. The van der Waals surface area contributed by atoms with Crippen LogP contribution in [0.15, 0.2) is 34.9 Å². The van der Waals surface area contributed by atoms with E-state index in [2.05, 4.69) is 5.16 Å². The lowest BCUT2D eigenvalue weighted by Crippen LogP contribution is -2.40. The molecule has 0 bridgehead atoms. The average Bonchev–Trinajstić information content (AvgIpc) is 3.17. The molecule has 1 amide bonds. The summed E-state index contributed by atoms with van der Waals surface area (Å²) < 4.78 is 5.18. The predicted molar refractivity (Wildman–Crippen MR) is 78.6 cm³/mol. The molecule has 22 heavy (non-hydrogen) atoms. The van der Waals surface area contributed by atoms with Crippen molar-refractivity contribution in [2.24, 2.45) is 0 Å². The van der Waals surface area contributed by atoms with Crippen LogP contribution in [0.2, 0.25) is 5.02 Å². The fourth-order valence-corrected chi connectivity index (χ4v) is 2.67. The lowest BCUT2D eigenvalue weighted by Gasteiger charge is -2.19. The third kappa shape index (κ3) is 2.69. The highest BCUT2D eigenvalue weighted by Gasteiger charge is 2.35. The topological polar surface area (TPSA) is 83.6 Å². The zero-order valence-electron chi connectivity index (χ0n) is 11.5. The smallest absolute Gasteiger partial charge is 0.326 e. The molecule has 0 saturated carbocycles. The zero-order chi connectivity index (χ0) is 15.7. The van der Waals surface area contributed by atoms with Crippen LogP contribution in [0.3, 0.4) is 0 Å². The van der Waals surface area contributed by atoms with Gasteiger partial charge < -0.3 is 14.5 Å². The van der Waals surface area contributed by atoms with Gasteiger partial charge in [0.1, 0.15) is 6.04 Å². The van der Waals surface area contributed by atoms with Crippen molar-refractivity contribution in [2.75, 3.05) is 6.54 Å². The molecular weight excluding hydrogens is 308 g/mol. The third-order valence-corrected chi connectivity index (χ3v) is 3.91. The highest BCUT2D eigenvalue weighted by Crippen LogP contribution is 2.25. The van der Waals surface area contributed by atoms with E-state index in [0.29, 0.717) is 30.2 Å². The molecule has 1 N–H and O–H groups in total. The molecule has 1 saturated heterocycles. The van der Waals surface area contributed by atoms with Gasteiger partial charge in [0.2, 0.25) is 0 Å². The van der Waals surface area contributed by atoms with Crippen LogP contribution in [0.4, 0.5) is 0 Å². The van der Waals surface area contributed by atoms with E-state index in [-0.39, 0.29) is 5.69 Å². The van der Waals surface area contributed by atoms with E-state index in [1.165, 1.54) is 11.0 Å². The molecule has 1 fully saturated rings. The molecule has 0 radical (unpaired) electrons. The van der Waals surface area contributed by atoms with E-state index in [1.807, 2.05) is 0 Å². The SMILES string of the molecule is O=C(O)[C@@H]1CCCN1C(=O)c1cc(-c2ccc(Cl)cc2)on1. The molecule has 0 aliphatic carbocycles. The highest BCUT2D eigenvalue weighted by atomic mass is 35.5. The summed E-state index contributed by atoms with van der Waals surface area (Å²) in [6, 6.07) is 7.66. The van der Waals surface area contributed by atoms with Crippen LogP contribution in [-0.4, -0.2) is 39.6 Å². The van der Waals surface area contributed by atoms with Gasteiger partial charge in [-0.25, -0.2) is 4.79 Å². The average molecular weight is 321 g/mol. The Bertz CT molecular complexity index is 711. The first-order chi connectivity index (χ1) is 10.6. The number of likely N-dealkylation sites (tertiary alicyclic amines) is 1. The van der Waals surface area contributed by atoms with Gasteiger partial charge in [-0.2, -0.15) is 0 Å². The predicted octanol–water partition coefficient (Wildman–Crippen LogP) is 2.68. The van der Waals surface area contributed by atoms with Gasteiger partial charge in [-0.1, -0.05) is 16.8 Å². The van der Waals surface area contributed by atoms with Gasteiger partial charge >= 0.3 is 5.97 Å². The van der Waals surface area contributed by atoms with E-state index >= 15 is 0 Å². The number of hydrogen-bond acceptors (Lipinski definition) is 4. The van der Waals surface area contributed by atoms with Gasteiger partial charge in [-0.3, -0.25) is 4.79 Å². The third-order valence-electron chi connectivity index (χ3n) is 3.66. The standard InChI is InChI=1S/C15H13ClN2O4/c16-10-5-3-9(4-6-10)13-8-11(17-22-13)14(19)18-7-1-2-12(18)15(20)21/h3-6,8,12H,1-2,7H2,(H,20,21)/t12-/m0/s1. The number of carboxylic acids is 1. The molecule has 3 rings (SSSR count). The number of carboxylic acid groups (broad SMARTS) is 1. The van der Waals surface area contributed by atoms with E-state index in [1.54, 1.807) is 24.3 Å². The highest BCUT2D eigenvalue weighted by molar-refractivity contribution is 6.30. The first kappa shape index (κ1) is 14.6. The molecule has 1 aromatic carbocycles. The van der Waals surface area contributed by atoms with Crippen molar-refractivity contribution in [1.29, 1.82) is 0 Å². The van der Waals surface area contributed by atoms with Crippen LogP contribution in [0.25, 0.3) is 11.3 Å². The minimum Gasteiger partial charge on any atom is -0.480 e. The quantitative estimate of drug-likeness (QED) is 0.940. The number of halogens is 1. The maximum Gasteiger partial charge on any atom is 0.326 e. The summed E-state index contributed by atoms with van der Waals surface area (Å²) in [5.74, 6) is -0.979. The summed E-state index contributed by atoms with van der Waals surface area (Å²) >= 11 is 5.82. The molecule has 7 heteroatoms. The number of benzene rings is 1. The molecule has 6 nitrogen and oxygen atoms in total. The maximum absolute atomic E-state index is 12.4. The number of amides is 1. The Kier molecular flexibility index (Phi) is 3.85. The Balaban J connectivity index is 1.82. The summed E-state index contributed by atoms with van der Waals surface area (Å²) in [5, 5.41) is 13.5. The van der Waals surface area contributed by atoms with Crippen LogP contribution in [0, 0.1) is 0 Å². The largest absolute Gasteiger partial charge is 0.480 e. The molecule has 1 aliphatic heterocycles. The van der Waals surface area contributed by atoms with E-state index in [4.69, 9.17) is 21.2 Å². The number of rotatable bonds is 3. The molecule has 114 valence electrons. The van der Waals surface area contributed by atoms with Crippen LogP contribution in [-0.2, 0) is 4.79 Å². The number of hydrogen-bond donors (Lipinski definition) is 1. The summed E-state index contributed by atoms with van der Waals surface area (Å²) in [7, 11) is 0. The number of aromatic nitrogens is 1. The Morgan fingerprint density at radius 1 is 1.32 bits per heavy atom. The molecule has 0 spiro atoms. The lowest BCUT2D eigenvalue weighted by atomic mass is 10.1. The monoisotopic (exact) mass is 320 g/mol. The van der Waals surface area contributed by atoms with Crippen molar-refractivity contribution < 1.29 is 19.2 Å². The second-order valence-electron chi connectivity index (χ2n) is 5.08. The first-order valence-electron chi connectivity index (χ1n) is 6.82. The fourth-order valence-electron chi connectivity index (χ4n) is 2.54. The van der Waals surface area contributed by atoms with Crippen molar-refractivity contribution >= 4 is 23.5 Å². The second kappa shape index (κ2) is 5.81. The molecule has 2 heterocycles. The summed E-state index contributed by atoms with van der Waals surface area (Å²) in [5.41, 5.74) is 0.852. The minimum atomic E-state index is -0.993. The Labute approximate surface area is 131 Å². The van der Waals surface area contributed by atoms with Gasteiger partial charge in [-0.05, 0) is 37.1 Å². The van der Waals surface area contributed by atoms with Crippen molar-refractivity contribution in [3.8, 4) is 11.3 Å². The van der Waals surface area contributed by atoms with Crippen molar-refractivity contribution in [3.63, 3.8) is 0 Å². The van der Waals surface area contributed by atoms with Gasteiger partial charge in [0.05, 0.1) is 0 Å². The normalized spacial score (nSPS) is 17.7. The molecular formula is C15H13ClN2O4. The van der Waals surface area contributed by atoms with E-state index in [0.717, 1.165) is 5.56 Å². The van der Waals surface area contributed by atoms with Crippen molar-refractivity contribution in [1.82, 2.24) is 10.1 Å². The number of carbonyl (C=O) groups excluding carboxylic acids is 1. The van der Waals surface area contributed by atoms with Gasteiger partial charge in [0.15, 0.2) is 11.5 Å². The van der Waals surface area contributed by atoms with E-state index < -0.39 is 17.9 Å². The molecule has 0 unspecified atom stereocenters. The molecule has 1 atom stereocenters. The van der Waals surface area contributed by atoms with Crippen LogP contribution >= 0.6 is 11.6 Å². The van der Waals surface area contributed by atoms with Crippen LogP contribution in [0.1, 0.15) is 23.3 Å². The molecule has 1 aromatic heterocycles. The second-order valence-corrected chi connectivity index (χ2v) is 5.51. The lowest BCUT2D eigenvalue weighted by molar-refractivity contribution is -0.141. The number of carbonyl (C=O) groups is 2. The van der Waals surface area contributed by atoms with Gasteiger partial charge in [0.25, 0.3) is 5.91 Å². The molecule has 1 aliphatic rings. The summed E-state index contributed by atoms with van der Waals surface area (Å²) in [6.45, 7) is 0.416.